The predicted molar refractivity (Wildman–Crippen MR) is 95.0 cm³/mol. The molecular weight excluding hydrogens is 400 g/mol. The SMILES string of the molecule is O=C(C1CCCN1S(=O)(=O)c1ccc(Br)cc1)N1CCSCC1. The lowest BCUT2D eigenvalue weighted by Gasteiger charge is -2.32. The molecule has 0 N–H and O–H groups in total. The largest absolute Gasteiger partial charge is 0.340 e. The van der Waals surface area contributed by atoms with Gasteiger partial charge in [0.15, 0.2) is 0 Å². The minimum absolute atomic E-state index is 0.0384. The molecule has 0 spiro atoms. The van der Waals surface area contributed by atoms with Crippen LogP contribution >= 0.6 is 27.7 Å². The van der Waals surface area contributed by atoms with Crippen molar-refractivity contribution in [3.8, 4) is 0 Å². The first-order valence-electron chi connectivity index (χ1n) is 7.64. The van der Waals surface area contributed by atoms with Gasteiger partial charge in [0.1, 0.15) is 6.04 Å². The molecule has 23 heavy (non-hydrogen) atoms. The molecule has 0 bridgehead atoms. The highest BCUT2D eigenvalue weighted by atomic mass is 79.9. The number of hydrogen-bond acceptors (Lipinski definition) is 4. The fraction of sp³-hybridized carbons (Fsp3) is 0.533. The van der Waals surface area contributed by atoms with Crippen LogP contribution in [0.15, 0.2) is 33.6 Å². The van der Waals surface area contributed by atoms with Crippen LogP contribution in [0.1, 0.15) is 12.8 Å². The highest BCUT2D eigenvalue weighted by Crippen LogP contribution is 2.28. The number of carbonyl (C=O) groups is 1. The van der Waals surface area contributed by atoms with Gasteiger partial charge >= 0.3 is 0 Å². The fourth-order valence-corrected chi connectivity index (χ4v) is 5.83. The molecule has 1 aromatic rings. The van der Waals surface area contributed by atoms with Crippen molar-refractivity contribution in [2.75, 3.05) is 31.1 Å². The minimum Gasteiger partial charge on any atom is -0.340 e. The summed E-state index contributed by atoms with van der Waals surface area (Å²) in [5.41, 5.74) is 0. The van der Waals surface area contributed by atoms with Crippen LogP contribution in [0.3, 0.4) is 0 Å². The molecule has 2 fully saturated rings. The van der Waals surface area contributed by atoms with Crippen LogP contribution in [0.4, 0.5) is 0 Å². The molecule has 1 aromatic carbocycles. The van der Waals surface area contributed by atoms with E-state index in [1.165, 1.54) is 4.31 Å². The monoisotopic (exact) mass is 418 g/mol. The van der Waals surface area contributed by atoms with E-state index in [-0.39, 0.29) is 10.8 Å². The second kappa shape index (κ2) is 7.13. The maximum Gasteiger partial charge on any atom is 0.243 e. The zero-order chi connectivity index (χ0) is 16.4. The maximum atomic E-state index is 12.9. The van der Waals surface area contributed by atoms with Crippen LogP contribution in [0, 0.1) is 0 Å². The van der Waals surface area contributed by atoms with E-state index < -0.39 is 16.1 Å². The molecule has 2 aliphatic rings. The standard InChI is InChI=1S/C15H19BrN2O3S2/c16-12-3-5-13(6-4-12)23(20,21)18-7-1-2-14(18)15(19)17-8-10-22-11-9-17/h3-6,14H,1-2,7-11H2. The number of benzene rings is 1. The fourth-order valence-electron chi connectivity index (χ4n) is 3.01. The molecule has 0 saturated carbocycles. The van der Waals surface area contributed by atoms with Gasteiger partial charge in [-0.15, -0.1) is 0 Å². The van der Waals surface area contributed by atoms with Gasteiger partial charge in [-0.05, 0) is 37.1 Å². The Kier molecular flexibility index (Phi) is 5.35. The third-order valence-electron chi connectivity index (χ3n) is 4.23. The van der Waals surface area contributed by atoms with Gasteiger partial charge in [-0.3, -0.25) is 4.79 Å². The number of thioether (sulfide) groups is 1. The Morgan fingerprint density at radius 3 is 2.43 bits per heavy atom. The molecule has 3 rings (SSSR count). The average molecular weight is 419 g/mol. The summed E-state index contributed by atoms with van der Waals surface area (Å²) in [6.07, 6.45) is 1.34. The van der Waals surface area contributed by atoms with Crippen molar-refractivity contribution in [2.24, 2.45) is 0 Å². The summed E-state index contributed by atoms with van der Waals surface area (Å²) in [4.78, 5) is 14.8. The third-order valence-corrected chi connectivity index (χ3v) is 7.63. The van der Waals surface area contributed by atoms with Crippen molar-refractivity contribution in [2.45, 2.75) is 23.8 Å². The Hall–Kier alpha value is -0.570. The highest BCUT2D eigenvalue weighted by molar-refractivity contribution is 9.10. The Bertz CT molecular complexity index is 672. The van der Waals surface area contributed by atoms with E-state index in [9.17, 15) is 13.2 Å². The van der Waals surface area contributed by atoms with Crippen LogP contribution in [0.2, 0.25) is 0 Å². The summed E-state index contributed by atoms with van der Waals surface area (Å²) in [5.74, 6) is 1.82. The predicted octanol–water partition coefficient (Wildman–Crippen LogP) is 2.18. The highest BCUT2D eigenvalue weighted by Gasteiger charge is 2.41. The Morgan fingerprint density at radius 1 is 1.13 bits per heavy atom. The van der Waals surface area contributed by atoms with E-state index in [0.717, 1.165) is 22.4 Å². The Balaban J connectivity index is 1.82. The van der Waals surface area contributed by atoms with Gasteiger partial charge in [0.2, 0.25) is 15.9 Å². The van der Waals surface area contributed by atoms with E-state index in [0.29, 0.717) is 26.1 Å². The van der Waals surface area contributed by atoms with E-state index in [2.05, 4.69) is 15.9 Å². The normalized spacial score (nSPS) is 23.2. The van der Waals surface area contributed by atoms with E-state index in [1.807, 2.05) is 16.7 Å². The molecule has 1 unspecified atom stereocenters. The van der Waals surface area contributed by atoms with Crippen molar-refractivity contribution in [1.29, 1.82) is 0 Å². The number of halogens is 1. The first-order valence-corrected chi connectivity index (χ1v) is 11.0. The van der Waals surface area contributed by atoms with Gasteiger partial charge in [0.25, 0.3) is 0 Å². The maximum absolute atomic E-state index is 12.9. The molecule has 0 radical (unpaired) electrons. The van der Waals surface area contributed by atoms with Crippen molar-refractivity contribution in [3.05, 3.63) is 28.7 Å². The van der Waals surface area contributed by atoms with E-state index >= 15 is 0 Å². The van der Waals surface area contributed by atoms with Crippen LogP contribution < -0.4 is 0 Å². The smallest absolute Gasteiger partial charge is 0.243 e. The first kappa shape index (κ1) is 17.3. The third kappa shape index (κ3) is 3.60. The lowest BCUT2D eigenvalue weighted by atomic mass is 10.2. The zero-order valence-electron chi connectivity index (χ0n) is 12.7. The summed E-state index contributed by atoms with van der Waals surface area (Å²) in [6, 6.07) is 6.03. The topological polar surface area (TPSA) is 57.7 Å². The van der Waals surface area contributed by atoms with Crippen LogP contribution in [0.25, 0.3) is 0 Å². The number of sulfonamides is 1. The van der Waals surface area contributed by atoms with Crippen molar-refractivity contribution < 1.29 is 13.2 Å². The van der Waals surface area contributed by atoms with Gasteiger partial charge in [-0.1, -0.05) is 15.9 Å². The first-order chi connectivity index (χ1) is 11.0. The Morgan fingerprint density at radius 2 is 1.78 bits per heavy atom. The van der Waals surface area contributed by atoms with Crippen LogP contribution in [-0.2, 0) is 14.8 Å². The van der Waals surface area contributed by atoms with Crippen LogP contribution in [0.5, 0.6) is 0 Å². The zero-order valence-corrected chi connectivity index (χ0v) is 15.9. The number of nitrogens with zero attached hydrogens (tertiary/aromatic N) is 2. The average Bonchev–Trinajstić information content (AvgIpc) is 3.06. The molecule has 8 heteroatoms. The Labute approximate surface area is 149 Å². The molecule has 126 valence electrons. The molecule has 1 amide bonds. The summed E-state index contributed by atoms with van der Waals surface area (Å²) < 4.78 is 28.0. The molecule has 2 aliphatic heterocycles. The van der Waals surface area contributed by atoms with E-state index in [4.69, 9.17) is 0 Å². The summed E-state index contributed by atoms with van der Waals surface area (Å²) in [6.45, 7) is 1.84. The number of rotatable bonds is 3. The molecule has 1 atom stereocenters. The summed E-state index contributed by atoms with van der Waals surface area (Å²) in [7, 11) is -3.63. The van der Waals surface area contributed by atoms with Crippen molar-refractivity contribution in [1.82, 2.24) is 9.21 Å². The second-order valence-corrected chi connectivity index (χ2v) is 9.70. The molecule has 0 aromatic heterocycles. The van der Waals surface area contributed by atoms with Gasteiger partial charge < -0.3 is 4.90 Å². The molecule has 5 nitrogen and oxygen atoms in total. The van der Waals surface area contributed by atoms with Gasteiger partial charge in [-0.2, -0.15) is 16.1 Å². The van der Waals surface area contributed by atoms with E-state index in [1.54, 1.807) is 24.3 Å². The van der Waals surface area contributed by atoms with Gasteiger partial charge in [0, 0.05) is 35.6 Å². The number of amides is 1. The van der Waals surface area contributed by atoms with Crippen molar-refractivity contribution in [3.63, 3.8) is 0 Å². The lowest BCUT2D eigenvalue weighted by molar-refractivity contribution is -0.134. The minimum atomic E-state index is -3.63. The number of carbonyl (C=O) groups excluding carboxylic acids is 1. The quantitative estimate of drug-likeness (QED) is 0.754. The molecule has 2 saturated heterocycles. The van der Waals surface area contributed by atoms with Gasteiger partial charge in [0.05, 0.1) is 4.90 Å². The number of hydrogen-bond donors (Lipinski definition) is 0. The molecule has 2 heterocycles. The van der Waals surface area contributed by atoms with Crippen LogP contribution in [-0.4, -0.2) is 60.7 Å². The second-order valence-electron chi connectivity index (χ2n) is 5.67. The lowest BCUT2D eigenvalue weighted by Crippen LogP contribution is -2.49. The molecule has 0 aliphatic carbocycles. The summed E-state index contributed by atoms with van der Waals surface area (Å²) >= 11 is 5.14. The molecular formula is C15H19BrN2O3S2. The summed E-state index contributed by atoms with van der Waals surface area (Å²) in [5, 5.41) is 0. The van der Waals surface area contributed by atoms with Crippen molar-refractivity contribution >= 4 is 43.6 Å². The van der Waals surface area contributed by atoms with Gasteiger partial charge in [-0.25, -0.2) is 8.42 Å².